The molecular formula is C13H17N3O2. The number of fused-ring (bicyclic) bond motifs is 1. The molecule has 1 saturated carbocycles. The molecule has 5 heteroatoms. The lowest BCUT2D eigenvalue weighted by atomic mass is 9.79. The van der Waals surface area contributed by atoms with Crippen LogP contribution >= 0.6 is 0 Å². The highest BCUT2D eigenvalue weighted by Crippen LogP contribution is 2.40. The summed E-state index contributed by atoms with van der Waals surface area (Å²) in [5, 5.41) is 6.27. The number of hydrogen-bond donors (Lipinski definition) is 2. The number of carbonyl (C=O) groups excluding carboxylic acids is 2. The van der Waals surface area contributed by atoms with E-state index in [-0.39, 0.29) is 5.91 Å². The molecule has 1 fully saturated rings. The molecule has 1 spiro atoms. The smallest absolute Gasteiger partial charge is 0.250 e. The molecule has 5 nitrogen and oxygen atoms in total. The van der Waals surface area contributed by atoms with E-state index in [1.807, 2.05) is 7.05 Å². The summed E-state index contributed by atoms with van der Waals surface area (Å²) in [5.41, 5.74) is 1.56. The van der Waals surface area contributed by atoms with Crippen LogP contribution in [-0.2, 0) is 11.8 Å². The van der Waals surface area contributed by atoms with E-state index in [2.05, 4.69) is 10.6 Å². The maximum atomic E-state index is 12.3. The van der Waals surface area contributed by atoms with Gasteiger partial charge in [-0.25, -0.2) is 0 Å². The van der Waals surface area contributed by atoms with Crippen molar-refractivity contribution in [3.05, 3.63) is 11.9 Å². The quantitative estimate of drug-likeness (QED) is 0.745. The molecule has 1 aromatic heterocycles. The molecule has 1 aliphatic heterocycles. The highest BCUT2D eigenvalue weighted by Gasteiger charge is 2.43. The lowest BCUT2D eigenvalue weighted by Gasteiger charge is -2.40. The molecule has 3 rings (SSSR count). The van der Waals surface area contributed by atoms with Gasteiger partial charge in [0.05, 0.1) is 11.4 Å². The van der Waals surface area contributed by atoms with Crippen molar-refractivity contribution >= 4 is 23.6 Å². The van der Waals surface area contributed by atoms with E-state index in [1.165, 1.54) is 6.42 Å². The van der Waals surface area contributed by atoms with Crippen molar-refractivity contribution in [2.45, 2.75) is 37.6 Å². The number of hydrogen-bond acceptors (Lipinski definition) is 3. The molecular weight excluding hydrogens is 230 g/mol. The number of amides is 1. The summed E-state index contributed by atoms with van der Waals surface area (Å²) in [5.74, 6) is 0.0396. The number of anilines is 2. The second-order valence-electron chi connectivity index (χ2n) is 5.25. The van der Waals surface area contributed by atoms with Gasteiger partial charge in [0, 0.05) is 13.2 Å². The standard InChI is InChI=1S/C13H17N3O2/c1-16-7-9-11(10(16)8-17)15-13(12(18)14-9)5-3-2-4-6-13/h7-8,15H,2-6H2,1H3,(H,14,18). The molecule has 0 radical (unpaired) electrons. The van der Waals surface area contributed by atoms with E-state index in [0.717, 1.165) is 37.7 Å². The Hall–Kier alpha value is -1.78. The van der Waals surface area contributed by atoms with Gasteiger partial charge in [0.25, 0.3) is 0 Å². The highest BCUT2D eigenvalue weighted by atomic mass is 16.2. The molecule has 0 saturated heterocycles. The fraction of sp³-hybridized carbons (Fsp3) is 0.538. The first-order chi connectivity index (χ1) is 8.66. The first-order valence-corrected chi connectivity index (χ1v) is 6.40. The van der Waals surface area contributed by atoms with Gasteiger partial charge in [-0.05, 0) is 12.8 Å². The van der Waals surface area contributed by atoms with E-state index < -0.39 is 5.54 Å². The van der Waals surface area contributed by atoms with E-state index in [9.17, 15) is 9.59 Å². The van der Waals surface area contributed by atoms with Crippen LogP contribution in [0, 0.1) is 0 Å². The maximum Gasteiger partial charge on any atom is 0.250 e. The molecule has 1 aromatic rings. The molecule has 2 N–H and O–H groups in total. The third-order valence-corrected chi connectivity index (χ3v) is 4.09. The Balaban J connectivity index is 2.04. The van der Waals surface area contributed by atoms with Gasteiger partial charge in [0.1, 0.15) is 11.2 Å². The topological polar surface area (TPSA) is 63.1 Å². The van der Waals surface area contributed by atoms with Gasteiger partial charge < -0.3 is 15.2 Å². The highest BCUT2D eigenvalue weighted by molar-refractivity contribution is 6.08. The molecule has 2 aliphatic rings. The van der Waals surface area contributed by atoms with Crippen LogP contribution in [0.1, 0.15) is 42.6 Å². The second-order valence-corrected chi connectivity index (χ2v) is 5.25. The molecule has 0 aromatic carbocycles. The number of aryl methyl sites for hydroxylation is 1. The normalized spacial score (nSPS) is 21.1. The zero-order valence-electron chi connectivity index (χ0n) is 10.5. The van der Waals surface area contributed by atoms with Crippen molar-refractivity contribution in [1.82, 2.24) is 4.57 Å². The van der Waals surface area contributed by atoms with Crippen molar-refractivity contribution in [2.24, 2.45) is 7.05 Å². The molecule has 0 unspecified atom stereocenters. The zero-order valence-corrected chi connectivity index (χ0v) is 10.5. The summed E-state index contributed by atoms with van der Waals surface area (Å²) in [6.45, 7) is 0. The maximum absolute atomic E-state index is 12.3. The molecule has 96 valence electrons. The lowest BCUT2D eigenvalue weighted by molar-refractivity contribution is -0.121. The number of nitrogens with one attached hydrogen (secondary N) is 2. The van der Waals surface area contributed by atoms with Gasteiger partial charge in [-0.3, -0.25) is 9.59 Å². The minimum Gasteiger partial charge on any atom is -0.368 e. The fourth-order valence-electron chi connectivity index (χ4n) is 3.06. The Morgan fingerprint density at radius 1 is 1.33 bits per heavy atom. The Morgan fingerprint density at radius 3 is 2.72 bits per heavy atom. The number of rotatable bonds is 1. The van der Waals surface area contributed by atoms with Crippen LogP contribution in [0.4, 0.5) is 11.4 Å². The van der Waals surface area contributed by atoms with Crippen LogP contribution < -0.4 is 10.6 Å². The van der Waals surface area contributed by atoms with Crippen molar-refractivity contribution in [2.75, 3.05) is 10.6 Å². The van der Waals surface area contributed by atoms with E-state index in [0.29, 0.717) is 11.4 Å². The Morgan fingerprint density at radius 2 is 2.06 bits per heavy atom. The van der Waals surface area contributed by atoms with Gasteiger partial charge in [-0.2, -0.15) is 0 Å². The summed E-state index contributed by atoms with van der Waals surface area (Å²) in [7, 11) is 1.81. The lowest BCUT2D eigenvalue weighted by Crippen LogP contribution is -2.53. The predicted molar refractivity (Wildman–Crippen MR) is 68.9 cm³/mol. The van der Waals surface area contributed by atoms with Crippen molar-refractivity contribution in [3.8, 4) is 0 Å². The third kappa shape index (κ3) is 1.46. The monoisotopic (exact) mass is 247 g/mol. The average molecular weight is 247 g/mol. The van der Waals surface area contributed by atoms with E-state index >= 15 is 0 Å². The largest absolute Gasteiger partial charge is 0.368 e. The third-order valence-electron chi connectivity index (χ3n) is 4.09. The number of aldehydes is 1. The first kappa shape index (κ1) is 11.3. The molecule has 2 heterocycles. The predicted octanol–water partition coefficient (Wildman–Crippen LogP) is 1.90. The van der Waals surface area contributed by atoms with Crippen LogP contribution in [0.2, 0.25) is 0 Å². The van der Waals surface area contributed by atoms with Crippen LogP contribution in [-0.4, -0.2) is 22.3 Å². The SMILES string of the molecule is Cn1cc2c(c1C=O)NC1(CCCCC1)C(=O)N2. The van der Waals surface area contributed by atoms with Gasteiger partial charge >= 0.3 is 0 Å². The van der Waals surface area contributed by atoms with E-state index in [4.69, 9.17) is 0 Å². The fourth-order valence-corrected chi connectivity index (χ4v) is 3.06. The first-order valence-electron chi connectivity index (χ1n) is 6.40. The summed E-state index contributed by atoms with van der Waals surface area (Å²) in [4.78, 5) is 23.4. The summed E-state index contributed by atoms with van der Waals surface area (Å²) >= 11 is 0. The van der Waals surface area contributed by atoms with Gasteiger partial charge in [-0.1, -0.05) is 19.3 Å². The summed E-state index contributed by atoms with van der Waals surface area (Å²) in [6, 6.07) is 0. The minimum absolute atomic E-state index is 0.0396. The molecule has 0 atom stereocenters. The Bertz CT molecular complexity index is 513. The van der Waals surface area contributed by atoms with Crippen LogP contribution in [0.15, 0.2) is 6.20 Å². The molecule has 18 heavy (non-hydrogen) atoms. The van der Waals surface area contributed by atoms with Crippen molar-refractivity contribution in [1.29, 1.82) is 0 Å². The average Bonchev–Trinajstić information content (AvgIpc) is 2.66. The van der Waals surface area contributed by atoms with Crippen LogP contribution in [0.3, 0.4) is 0 Å². The molecule has 1 amide bonds. The summed E-state index contributed by atoms with van der Waals surface area (Å²) < 4.78 is 1.74. The number of nitrogens with zero attached hydrogens (tertiary/aromatic N) is 1. The van der Waals surface area contributed by atoms with E-state index in [1.54, 1.807) is 10.8 Å². The van der Waals surface area contributed by atoms with Gasteiger partial charge in [-0.15, -0.1) is 0 Å². The Labute approximate surface area is 106 Å². The zero-order chi connectivity index (χ0) is 12.8. The van der Waals surface area contributed by atoms with Crippen molar-refractivity contribution < 1.29 is 9.59 Å². The van der Waals surface area contributed by atoms with Gasteiger partial charge in [0.2, 0.25) is 5.91 Å². The van der Waals surface area contributed by atoms with Crippen LogP contribution in [0.25, 0.3) is 0 Å². The second kappa shape index (κ2) is 3.86. The Kier molecular flexibility index (Phi) is 2.43. The number of carbonyl (C=O) groups is 2. The summed E-state index contributed by atoms with van der Waals surface area (Å²) in [6.07, 6.45) is 7.58. The minimum atomic E-state index is -0.510. The number of aromatic nitrogens is 1. The molecule has 0 bridgehead atoms. The molecule has 1 aliphatic carbocycles. The van der Waals surface area contributed by atoms with Crippen molar-refractivity contribution in [3.63, 3.8) is 0 Å². The van der Waals surface area contributed by atoms with Crippen LogP contribution in [0.5, 0.6) is 0 Å². The van der Waals surface area contributed by atoms with Gasteiger partial charge in [0.15, 0.2) is 6.29 Å².